The first kappa shape index (κ1) is 8.63. The molecule has 0 saturated heterocycles. The predicted molar refractivity (Wildman–Crippen MR) is 45.3 cm³/mol. The Labute approximate surface area is 62.0 Å². The first-order chi connectivity index (χ1) is 4.09. The van der Waals surface area contributed by atoms with Gasteiger partial charge < -0.3 is 5.73 Å². The molecule has 0 aromatic rings. The molecule has 2 N–H and O–H groups in total. The summed E-state index contributed by atoms with van der Waals surface area (Å²) in [5.41, 5.74) is 7.49. The Balaban J connectivity index is 4.35. The molecule has 0 radical (unpaired) electrons. The molecule has 0 aromatic carbocycles. The third-order valence-corrected chi connectivity index (χ3v) is 1.45. The van der Waals surface area contributed by atoms with E-state index < -0.39 is 0 Å². The van der Waals surface area contributed by atoms with Crippen LogP contribution in [0.3, 0.4) is 0 Å². The van der Waals surface area contributed by atoms with Crippen molar-refractivity contribution in [1.82, 2.24) is 0 Å². The van der Waals surface area contributed by atoms with E-state index in [0.29, 0.717) is 5.03 Å². The van der Waals surface area contributed by atoms with Crippen LogP contribution in [0, 0.1) is 0 Å². The average Bonchev–Trinajstić information content (AvgIpc) is 1.64. The van der Waals surface area contributed by atoms with Gasteiger partial charge in [0.15, 0.2) is 0 Å². The summed E-state index contributed by atoms with van der Waals surface area (Å²) < 4.78 is 0. The SMILES string of the molecule is C=C(C)/C(CC)=C(\N)S. The van der Waals surface area contributed by atoms with E-state index in [2.05, 4.69) is 19.2 Å². The van der Waals surface area contributed by atoms with E-state index >= 15 is 0 Å². The molecule has 0 amide bonds. The monoisotopic (exact) mass is 143 g/mol. The van der Waals surface area contributed by atoms with Gasteiger partial charge in [0.25, 0.3) is 0 Å². The lowest BCUT2D eigenvalue weighted by atomic mass is 10.1. The summed E-state index contributed by atoms with van der Waals surface area (Å²) in [6.07, 6.45) is 0.907. The third-order valence-electron chi connectivity index (χ3n) is 1.18. The van der Waals surface area contributed by atoms with Gasteiger partial charge in [0.2, 0.25) is 0 Å². The van der Waals surface area contributed by atoms with E-state index in [1.807, 2.05) is 13.8 Å². The van der Waals surface area contributed by atoms with Gasteiger partial charge in [-0.05, 0) is 18.9 Å². The van der Waals surface area contributed by atoms with Gasteiger partial charge in [-0.2, -0.15) is 0 Å². The zero-order valence-corrected chi connectivity index (χ0v) is 6.83. The summed E-state index contributed by atoms with van der Waals surface area (Å²) >= 11 is 4.01. The molecule has 0 bridgehead atoms. The van der Waals surface area contributed by atoms with Crippen molar-refractivity contribution < 1.29 is 0 Å². The molecule has 0 aliphatic rings. The molecule has 0 aliphatic heterocycles. The Morgan fingerprint density at radius 1 is 1.67 bits per heavy atom. The van der Waals surface area contributed by atoms with Crippen LogP contribution in [0.15, 0.2) is 22.8 Å². The molecule has 0 heterocycles. The number of rotatable bonds is 2. The highest BCUT2D eigenvalue weighted by Crippen LogP contribution is 2.14. The van der Waals surface area contributed by atoms with Crippen molar-refractivity contribution in [2.45, 2.75) is 20.3 Å². The van der Waals surface area contributed by atoms with Gasteiger partial charge in [0, 0.05) is 0 Å². The second kappa shape index (κ2) is 3.62. The molecular formula is C7H13NS. The summed E-state index contributed by atoms with van der Waals surface area (Å²) in [6.45, 7) is 7.73. The zero-order valence-electron chi connectivity index (χ0n) is 5.94. The Hall–Kier alpha value is -0.370. The molecule has 0 unspecified atom stereocenters. The minimum absolute atomic E-state index is 0.588. The lowest BCUT2D eigenvalue weighted by Crippen LogP contribution is -1.95. The normalized spacial score (nSPS) is 12.8. The van der Waals surface area contributed by atoms with E-state index in [1.165, 1.54) is 0 Å². The van der Waals surface area contributed by atoms with Gasteiger partial charge >= 0.3 is 0 Å². The number of thiol groups is 1. The van der Waals surface area contributed by atoms with Gasteiger partial charge in [-0.25, -0.2) is 0 Å². The van der Waals surface area contributed by atoms with Crippen LogP contribution in [0.1, 0.15) is 20.3 Å². The third kappa shape index (κ3) is 2.61. The number of allylic oxidation sites excluding steroid dienone is 2. The van der Waals surface area contributed by atoms with Crippen LogP contribution in [0.4, 0.5) is 0 Å². The zero-order chi connectivity index (χ0) is 7.44. The summed E-state index contributed by atoms with van der Waals surface area (Å²) in [6, 6.07) is 0. The van der Waals surface area contributed by atoms with E-state index in [4.69, 9.17) is 5.73 Å². The molecule has 0 atom stereocenters. The maximum atomic E-state index is 5.43. The van der Waals surface area contributed by atoms with Gasteiger partial charge in [0.1, 0.15) is 0 Å². The van der Waals surface area contributed by atoms with Crippen molar-refractivity contribution in [2.24, 2.45) is 5.73 Å². The molecule has 0 aromatic heterocycles. The van der Waals surface area contributed by atoms with Crippen LogP contribution in [0.5, 0.6) is 0 Å². The quantitative estimate of drug-likeness (QED) is 0.449. The summed E-state index contributed by atoms with van der Waals surface area (Å²) in [7, 11) is 0. The average molecular weight is 143 g/mol. The molecule has 2 heteroatoms. The summed E-state index contributed by atoms with van der Waals surface area (Å²) in [5, 5.41) is 0.588. The van der Waals surface area contributed by atoms with Crippen molar-refractivity contribution in [2.75, 3.05) is 0 Å². The molecule has 0 aliphatic carbocycles. The van der Waals surface area contributed by atoms with Gasteiger partial charge in [0.05, 0.1) is 5.03 Å². The van der Waals surface area contributed by atoms with E-state index in [0.717, 1.165) is 17.6 Å². The van der Waals surface area contributed by atoms with E-state index in [1.54, 1.807) is 0 Å². The second-order valence-electron chi connectivity index (χ2n) is 2.00. The van der Waals surface area contributed by atoms with Crippen LogP contribution in [-0.2, 0) is 0 Å². The van der Waals surface area contributed by atoms with Crippen LogP contribution in [-0.4, -0.2) is 0 Å². The molecule has 9 heavy (non-hydrogen) atoms. The van der Waals surface area contributed by atoms with Crippen molar-refractivity contribution >= 4 is 12.6 Å². The van der Waals surface area contributed by atoms with Crippen molar-refractivity contribution in [3.8, 4) is 0 Å². The molecule has 0 rings (SSSR count). The first-order valence-electron chi connectivity index (χ1n) is 2.93. The highest BCUT2D eigenvalue weighted by atomic mass is 32.1. The lowest BCUT2D eigenvalue weighted by Gasteiger charge is -2.03. The van der Waals surface area contributed by atoms with Crippen LogP contribution in [0.25, 0.3) is 0 Å². The van der Waals surface area contributed by atoms with E-state index in [9.17, 15) is 0 Å². The lowest BCUT2D eigenvalue weighted by molar-refractivity contribution is 1.09. The minimum Gasteiger partial charge on any atom is -0.393 e. The number of hydrogen-bond donors (Lipinski definition) is 2. The van der Waals surface area contributed by atoms with Crippen molar-refractivity contribution in [1.29, 1.82) is 0 Å². The summed E-state index contributed by atoms with van der Waals surface area (Å²) in [5.74, 6) is 0. The number of nitrogens with two attached hydrogens (primary N) is 1. The fraction of sp³-hybridized carbons (Fsp3) is 0.429. The van der Waals surface area contributed by atoms with E-state index in [-0.39, 0.29) is 0 Å². The highest BCUT2D eigenvalue weighted by Gasteiger charge is 1.96. The molecule has 0 saturated carbocycles. The number of hydrogen-bond acceptors (Lipinski definition) is 2. The predicted octanol–water partition coefficient (Wildman–Crippen LogP) is 2.07. The minimum atomic E-state index is 0.588. The fourth-order valence-corrected chi connectivity index (χ4v) is 1.05. The van der Waals surface area contributed by atoms with Gasteiger partial charge in [-0.3, -0.25) is 0 Å². The molecule has 1 nitrogen and oxygen atoms in total. The maximum Gasteiger partial charge on any atom is 0.0659 e. The van der Waals surface area contributed by atoms with Crippen LogP contribution in [0.2, 0.25) is 0 Å². The highest BCUT2D eigenvalue weighted by molar-refractivity contribution is 7.84. The smallest absolute Gasteiger partial charge is 0.0659 e. The second-order valence-corrected chi connectivity index (χ2v) is 2.48. The Bertz CT molecular complexity index is 143. The maximum absolute atomic E-state index is 5.43. The fourth-order valence-electron chi connectivity index (χ4n) is 0.702. The van der Waals surface area contributed by atoms with Gasteiger partial charge in [-0.1, -0.05) is 19.1 Å². The molecular weight excluding hydrogens is 130 g/mol. The molecule has 52 valence electrons. The largest absolute Gasteiger partial charge is 0.393 e. The van der Waals surface area contributed by atoms with Crippen LogP contribution >= 0.6 is 12.6 Å². The Morgan fingerprint density at radius 2 is 2.11 bits per heavy atom. The molecule has 0 fully saturated rings. The Kier molecular flexibility index (Phi) is 3.47. The standard InChI is InChI=1S/C7H13NS/c1-4-6(5(2)3)7(8)9/h9H,2,4,8H2,1,3H3/b7-6+. The van der Waals surface area contributed by atoms with Crippen molar-refractivity contribution in [3.63, 3.8) is 0 Å². The van der Waals surface area contributed by atoms with Crippen LogP contribution < -0.4 is 5.73 Å². The first-order valence-corrected chi connectivity index (χ1v) is 3.37. The molecule has 0 spiro atoms. The Morgan fingerprint density at radius 3 is 2.11 bits per heavy atom. The summed E-state index contributed by atoms with van der Waals surface area (Å²) in [4.78, 5) is 0. The van der Waals surface area contributed by atoms with Crippen molar-refractivity contribution in [3.05, 3.63) is 22.8 Å². The van der Waals surface area contributed by atoms with Gasteiger partial charge in [-0.15, -0.1) is 12.6 Å². The topological polar surface area (TPSA) is 26.0 Å².